The second-order valence-corrected chi connectivity index (χ2v) is 7.85. The molecule has 5 nitrogen and oxygen atoms in total. The van der Waals surface area contributed by atoms with E-state index in [1.807, 2.05) is 16.7 Å². The summed E-state index contributed by atoms with van der Waals surface area (Å²) in [7, 11) is 0. The highest BCUT2D eigenvalue weighted by Crippen LogP contribution is 2.29. The molecule has 0 amide bonds. The molecule has 2 aliphatic heterocycles. The van der Waals surface area contributed by atoms with E-state index in [-0.39, 0.29) is 11.6 Å². The maximum absolute atomic E-state index is 14.6. The number of rotatable bonds is 3. The van der Waals surface area contributed by atoms with Gasteiger partial charge in [0, 0.05) is 37.3 Å². The molecule has 6 rings (SSSR count). The SMILES string of the molecule is FC(F)Oc1ccccc1.Fc1cc2nc3c(n2cc1-c1ccc2c(c1)CNC2)COCC3. The number of benzene rings is 2. The Morgan fingerprint density at radius 2 is 1.85 bits per heavy atom. The lowest BCUT2D eigenvalue weighted by atomic mass is 10.0. The molecule has 2 aromatic carbocycles. The number of imidazole rings is 1. The number of alkyl halides is 2. The minimum atomic E-state index is -2.73. The minimum absolute atomic E-state index is 0.192. The van der Waals surface area contributed by atoms with Crippen LogP contribution in [-0.2, 0) is 30.9 Å². The quantitative estimate of drug-likeness (QED) is 0.469. The number of hydrogen-bond donors (Lipinski definition) is 1. The average molecular weight is 453 g/mol. The van der Waals surface area contributed by atoms with Gasteiger partial charge in [-0.3, -0.25) is 0 Å². The van der Waals surface area contributed by atoms with E-state index in [1.165, 1.54) is 29.3 Å². The molecule has 0 saturated carbocycles. The normalized spacial score (nSPS) is 14.5. The number of hydrogen-bond acceptors (Lipinski definition) is 4. The molecular formula is C25H22F3N3O2. The van der Waals surface area contributed by atoms with Crippen LogP contribution < -0.4 is 10.1 Å². The standard InChI is InChI=1S/C18H16FN3O.C7H6F2O/c19-15-6-18-21-16-3-4-23-10-17(16)22(18)9-14(15)11-1-2-12-7-20-8-13(12)5-11;8-7(9)10-6-4-2-1-3-5-6/h1-2,5-6,9,20H,3-4,7-8,10H2;1-5,7H. The maximum Gasteiger partial charge on any atom is 0.387 e. The van der Waals surface area contributed by atoms with E-state index < -0.39 is 6.61 Å². The van der Waals surface area contributed by atoms with E-state index in [1.54, 1.807) is 18.2 Å². The van der Waals surface area contributed by atoms with Crippen molar-refractivity contribution in [2.75, 3.05) is 6.61 Å². The summed E-state index contributed by atoms with van der Waals surface area (Å²) in [6.45, 7) is 0.229. The van der Waals surface area contributed by atoms with Gasteiger partial charge in [-0.25, -0.2) is 9.37 Å². The molecule has 0 spiro atoms. The van der Waals surface area contributed by atoms with Crippen LogP contribution in [0.15, 0.2) is 60.8 Å². The van der Waals surface area contributed by atoms with Gasteiger partial charge in [0.05, 0.1) is 24.6 Å². The summed E-state index contributed by atoms with van der Waals surface area (Å²) in [4.78, 5) is 4.54. The third-order valence-corrected chi connectivity index (χ3v) is 5.73. The van der Waals surface area contributed by atoms with Crippen LogP contribution in [0.25, 0.3) is 16.8 Å². The van der Waals surface area contributed by atoms with Crippen LogP contribution in [-0.4, -0.2) is 22.6 Å². The van der Waals surface area contributed by atoms with Gasteiger partial charge in [0.2, 0.25) is 0 Å². The molecule has 4 aromatic rings. The number of nitrogens with zero attached hydrogens (tertiary/aromatic N) is 2. The molecule has 2 aromatic heterocycles. The van der Waals surface area contributed by atoms with E-state index >= 15 is 0 Å². The Balaban J connectivity index is 0.000000193. The van der Waals surface area contributed by atoms with E-state index in [0.29, 0.717) is 24.4 Å². The van der Waals surface area contributed by atoms with E-state index in [4.69, 9.17) is 4.74 Å². The highest BCUT2D eigenvalue weighted by Gasteiger charge is 2.19. The first-order chi connectivity index (χ1) is 16.1. The largest absolute Gasteiger partial charge is 0.435 e. The molecule has 4 heterocycles. The average Bonchev–Trinajstić information content (AvgIpc) is 3.42. The lowest BCUT2D eigenvalue weighted by Gasteiger charge is -2.12. The monoisotopic (exact) mass is 453 g/mol. The smallest absolute Gasteiger partial charge is 0.387 e. The second-order valence-electron chi connectivity index (χ2n) is 7.85. The minimum Gasteiger partial charge on any atom is -0.435 e. The van der Waals surface area contributed by atoms with Crippen LogP contribution in [0.3, 0.4) is 0 Å². The predicted octanol–water partition coefficient (Wildman–Crippen LogP) is 5.10. The fourth-order valence-electron chi connectivity index (χ4n) is 4.13. The Morgan fingerprint density at radius 1 is 1.03 bits per heavy atom. The highest BCUT2D eigenvalue weighted by atomic mass is 19.3. The van der Waals surface area contributed by atoms with Crippen molar-refractivity contribution in [3.63, 3.8) is 0 Å². The molecule has 2 aliphatic rings. The first kappa shape index (κ1) is 21.5. The zero-order chi connectivity index (χ0) is 22.8. The van der Waals surface area contributed by atoms with Crippen molar-refractivity contribution < 1.29 is 22.6 Å². The lowest BCUT2D eigenvalue weighted by Crippen LogP contribution is -2.10. The van der Waals surface area contributed by atoms with Gasteiger partial charge in [0.15, 0.2) is 0 Å². The summed E-state index contributed by atoms with van der Waals surface area (Å²) >= 11 is 0. The predicted molar refractivity (Wildman–Crippen MR) is 118 cm³/mol. The summed E-state index contributed by atoms with van der Waals surface area (Å²) in [5, 5.41) is 3.32. The Bertz CT molecular complexity index is 1280. The molecule has 0 fully saturated rings. The summed E-state index contributed by atoms with van der Waals surface area (Å²) < 4.78 is 49.2. The number of pyridine rings is 1. The molecule has 0 atom stereocenters. The van der Waals surface area contributed by atoms with Crippen LogP contribution in [0.1, 0.15) is 22.5 Å². The van der Waals surface area contributed by atoms with Gasteiger partial charge in [-0.1, -0.05) is 30.3 Å². The van der Waals surface area contributed by atoms with Crippen molar-refractivity contribution in [1.82, 2.24) is 14.7 Å². The Labute approximate surface area is 188 Å². The Hall–Kier alpha value is -3.36. The fourth-order valence-corrected chi connectivity index (χ4v) is 4.13. The number of fused-ring (bicyclic) bond motifs is 4. The summed E-state index contributed by atoms with van der Waals surface area (Å²) in [5.74, 6) is -0.0378. The third kappa shape index (κ3) is 4.58. The Morgan fingerprint density at radius 3 is 2.67 bits per heavy atom. The van der Waals surface area contributed by atoms with Gasteiger partial charge in [-0.05, 0) is 34.9 Å². The van der Waals surface area contributed by atoms with Crippen LogP contribution in [0.5, 0.6) is 5.75 Å². The van der Waals surface area contributed by atoms with Crippen molar-refractivity contribution in [2.45, 2.75) is 32.7 Å². The van der Waals surface area contributed by atoms with E-state index in [9.17, 15) is 13.2 Å². The highest BCUT2D eigenvalue weighted by molar-refractivity contribution is 5.67. The van der Waals surface area contributed by atoms with Crippen molar-refractivity contribution in [2.24, 2.45) is 0 Å². The van der Waals surface area contributed by atoms with Crippen molar-refractivity contribution in [1.29, 1.82) is 0 Å². The molecule has 0 radical (unpaired) electrons. The molecule has 170 valence electrons. The van der Waals surface area contributed by atoms with Crippen molar-refractivity contribution in [3.05, 3.63) is 89.1 Å². The molecule has 0 saturated heterocycles. The first-order valence-corrected chi connectivity index (χ1v) is 10.7. The molecule has 0 aliphatic carbocycles. The third-order valence-electron chi connectivity index (χ3n) is 5.73. The molecule has 0 bridgehead atoms. The van der Waals surface area contributed by atoms with Gasteiger partial charge >= 0.3 is 6.61 Å². The summed E-state index contributed by atoms with van der Waals surface area (Å²) in [5.41, 5.74) is 6.77. The van der Waals surface area contributed by atoms with E-state index in [2.05, 4.69) is 27.2 Å². The van der Waals surface area contributed by atoms with Crippen LogP contribution in [0.2, 0.25) is 0 Å². The molecule has 33 heavy (non-hydrogen) atoms. The molecule has 0 unspecified atom stereocenters. The number of nitrogens with one attached hydrogen (secondary N) is 1. The van der Waals surface area contributed by atoms with E-state index in [0.717, 1.165) is 36.5 Å². The van der Waals surface area contributed by atoms with Crippen molar-refractivity contribution in [3.8, 4) is 16.9 Å². The molecular weight excluding hydrogens is 431 g/mol. The topological polar surface area (TPSA) is 47.8 Å². The van der Waals surface area contributed by atoms with Gasteiger partial charge in [0.1, 0.15) is 17.2 Å². The second kappa shape index (κ2) is 9.25. The van der Waals surface area contributed by atoms with Gasteiger partial charge in [0.25, 0.3) is 0 Å². The Kier molecular flexibility index (Phi) is 6.02. The first-order valence-electron chi connectivity index (χ1n) is 10.7. The van der Waals surface area contributed by atoms with Gasteiger partial charge < -0.3 is 19.2 Å². The van der Waals surface area contributed by atoms with Gasteiger partial charge in [-0.15, -0.1) is 0 Å². The molecule has 1 N–H and O–H groups in total. The van der Waals surface area contributed by atoms with Crippen LogP contribution >= 0.6 is 0 Å². The summed E-state index contributed by atoms with van der Waals surface area (Å²) in [6.07, 6.45) is 2.65. The van der Waals surface area contributed by atoms with Crippen LogP contribution in [0, 0.1) is 5.82 Å². The molecule has 8 heteroatoms. The zero-order valence-electron chi connectivity index (χ0n) is 17.7. The van der Waals surface area contributed by atoms with Crippen LogP contribution in [0.4, 0.5) is 13.2 Å². The number of ether oxygens (including phenoxy) is 2. The fraction of sp³-hybridized carbons (Fsp3) is 0.240. The number of para-hydroxylation sites is 1. The zero-order valence-corrected chi connectivity index (χ0v) is 17.7. The van der Waals surface area contributed by atoms with Crippen molar-refractivity contribution >= 4 is 5.65 Å². The summed E-state index contributed by atoms with van der Waals surface area (Å²) in [6, 6.07) is 15.7. The van der Waals surface area contributed by atoms with Gasteiger partial charge in [-0.2, -0.15) is 8.78 Å². The lowest BCUT2D eigenvalue weighted by molar-refractivity contribution is -0.0498. The number of halogens is 3. The maximum atomic E-state index is 14.6. The number of aromatic nitrogens is 2.